The molecule has 3 heteroatoms. The maximum atomic E-state index is 12.1. The molecule has 1 saturated carbocycles. The Hall–Kier alpha value is -1.90. The third-order valence-electron chi connectivity index (χ3n) is 3.45. The van der Waals surface area contributed by atoms with Crippen molar-refractivity contribution in [2.45, 2.75) is 25.9 Å². The van der Waals surface area contributed by atoms with Gasteiger partial charge in [-0.15, -0.1) is 0 Å². The molecule has 3 nitrogen and oxygen atoms in total. The van der Waals surface area contributed by atoms with Gasteiger partial charge in [0.1, 0.15) is 6.10 Å². The summed E-state index contributed by atoms with van der Waals surface area (Å²) >= 11 is 0. The van der Waals surface area contributed by atoms with E-state index in [-0.39, 0.29) is 12.1 Å². The number of benzene rings is 1. The number of carbonyl (C=O) groups is 1. The second-order valence-corrected chi connectivity index (χ2v) is 4.83. The van der Waals surface area contributed by atoms with E-state index in [2.05, 4.69) is 4.98 Å². The van der Waals surface area contributed by atoms with Crippen molar-refractivity contribution < 1.29 is 9.53 Å². The van der Waals surface area contributed by atoms with Gasteiger partial charge >= 0.3 is 5.97 Å². The summed E-state index contributed by atoms with van der Waals surface area (Å²) in [6, 6.07) is 9.63. The topological polar surface area (TPSA) is 39.2 Å². The monoisotopic (exact) mass is 241 g/mol. The first-order chi connectivity index (χ1) is 8.75. The second-order valence-electron chi connectivity index (χ2n) is 4.83. The van der Waals surface area contributed by atoms with Crippen molar-refractivity contribution in [2.24, 2.45) is 5.92 Å². The highest BCUT2D eigenvalue weighted by Crippen LogP contribution is 2.34. The predicted molar refractivity (Wildman–Crippen MR) is 69.3 cm³/mol. The Balaban J connectivity index is 1.90. The molecule has 1 aromatic carbocycles. The number of rotatable bonds is 3. The normalized spacial score (nSPS) is 16.5. The van der Waals surface area contributed by atoms with E-state index in [0.717, 1.165) is 23.6 Å². The fraction of sp³-hybridized carbons (Fsp3) is 0.333. The van der Waals surface area contributed by atoms with Crippen molar-refractivity contribution in [1.82, 2.24) is 4.98 Å². The number of hydrogen-bond donors (Lipinski definition) is 0. The average molecular weight is 241 g/mol. The van der Waals surface area contributed by atoms with Crippen molar-refractivity contribution in [2.75, 3.05) is 0 Å². The van der Waals surface area contributed by atoms with E-state index >= 15 is 0 Å². The molecule has 1 atom stereocenters. The van der Waals surface area contributed by atoms with Crippen LogP contribution in [0.15, 0.2) is 36.5 Å². The van der Waals surface area contributed by atoms with Crippen molar-refractivity contribution in [1.29, 1.82) is 0 Å². The molecule has 1 aliphatic rings. The van der Waals surface area contributed by atoms with Crippen molar-refractivity contribution in [3.63, 3.8) is 0 Å². The summed E-state index contributed by atoms with van der Waals surface area (Å²) in [4.78, 5) is 16.3. The lowest BCUT2D eigenvalue weighted by molar-refractivity contribution is 0.0290. The van der Waals surface area contributed by atoms with Crippen LogP contribution in [0.25, 0.3) is 10.8 Å². The van der Waals surface area contributed by atoms with Crippen molar-refractivity contribution in [3.8, 4) is 0 Å². The van der Waals surface area contributed by atoms with Gasteiger partial charge in [-0.25, -0.2) is 9.78 Å². The zero-order valence-corrected chi connectivity index (χ0v) is 10.3. The number of pyridine rings is 1. The number of carbonyl (C=O) groups excluding carboxylic acids is 1. The predicted octanol–water partition coefficient (Wildman–Crippen LogP) is 3.19. The Kier molecular flexibility index (Phi) is 2.74. The molecule has 3 rings (SSSR count). The van der Waals surface area contributed by atoms with Crippen LogP contribution in [-0.4, -0.2) is 17.1 Å². The van der Waals surface area contributed by atoms with Crippen LogP contribution < -0.4 is 0 Å². The van der Waals surface area contributed by atoms with E-state index in [1.54, 1.807) is 6.20 Å². The van der Waals surface area contributed by atoms with Gasteiger partial charge in [0.2, 0.25) is 0 Å². The van der Waals surface area contributed by atoms with E-state index in [0.29, 0.717) is 11.6 Å². The number of nitrogens with zero attached hydrogens (tertiary/aromatic N) is 1. The van der Waals surface area contributed by atoms with Crippen molar-refractivity contribution in [3.05, 3.63) is 42.2 Å². The zero-order chi connectivity index (χ0) is 12.5. The molecule has 2 aromatic rings. The smallest absolute Gasteiger partial charge is 0.357 e. The number of fused-ring (bicyclic) bond motifs is 1. The third-order valence-corrected chi connectivity index (χ3v) is 3.45. The van der Waals surface area contributed by atoms with Gasteiger partial charge < -0.3 is 4.74 Å². The summed E-state index contributed by atoms with van der Waals surface area (Å²) in [5.74, 6) is 0.232. The van der Waals surface area contributed by atoms with Crippen LogP contribution in [0.4, 0.5) is 0 Å². The molecule has 1 fully saturated rings. The maximum absolute atomic E-state index is 12.1. The fourth-order valence-electron chi connectivity index (χ4n) is 2.17. The molecule has 0 amide bonds. The van der Waals surface area contributed by atoms with Crippen LogP contribution in [-0.2, 0) is 4.74 Å². The minimum atomic E-state index is -0.314. The van der Waals surface area contributed by atoms with Crippen LogP contribution in [0.3, 0.4) is 0 Å². The summed E-state index contributed by atoms with van der Waals surface area (Å²) in [7, 11) is 0. The number of aromatic nitrogens is 1. The lowest BCUT2D eigenvalue weighted by Gasteiger charge is -2.12. The maximum Gasteiger partial charge on any atom is 0.357 e. The van der Waals surface area contributed by atoms with E-state index in [1.165, 1.54) is 0 Å². The Morgan fingerprint density at radius 3 is 2.89 bits per heavy atom. The molecule has 18 heavy (non-hydrogen) atoms. The summed E-state index contributed by atoms with van der Waals surface area (Å²) in [5.41, 5.74) is 0.417. The van der Waals surface area contributed by atoms with Crippen molar-refractivity contribution >= 4 is 16.7 Å². The molecule has 0 N–H and O–H groups in total. The SMILES string of the molecule is C[C@H](OC(=O)c1nccc2ccccc12)C1CC1. The minimum absolute atomic E-state index is 0.00160. The first-order valence-corrected chi connectivity index (χ1v) is 6.30. The highest BCUT2D eigenvalue weighted by Gasteiger charge is 2.31. The summed E-state index contributed by atoms with van der Waals surface area (Å²) in [5, 5.41) is 1.87. The molecule has 1 aromatic heterocycles. The van der Waals surface area contributed by atoms with E-state index < -0.39 is 0 Å². The van der Waals surface area contributed by atoms with Crippen LogP contribution >= 0.6 is 0 Å². The average Bonchev–Trinajstić information content (AvgIpc) is 3.22. The molecule has 0 radical (unpaired) electrons. The Morgan fingerprint density at radius 1 is 1.33 bits per heavy atom. The molecule has 0 saturated heterocycles. The minimum Gasteiger partial charge on any atom is -0.458 e. The molecule has 0 spiro atoms. The van der Waals surface area contributed by atoms with Crippen LogP contribution in [0.2, 0.25) is 0 Å². The van der Waals surface area contributed by atoms with Gasteiger partial charge in [-0.3, -0.25) is 0 Å². The van der Waals surface area contributed by atoms with Gasteiger partial charge in [-0.2, -0.15) is 0 Å². The number of esters is 1. The van der Waals surface area contributed by atoms with Gasteiger partial charge in [-0.05, 0) is 37.1 Å². The van der Waals surface area contributed by atoms with E-state index in [9.17, 15) is 4.79 Å². The van der Waals surface area contributed by atoms with Crippen LogP contribution in [0, 0.1) is 5.92 Å². The molecule has 1 aliphatic carbocycles. The molecule has 1 heterocycles. The summed E-state index contributed by atoms with van der Waals surface area (Å²) in [6.45, 7) is 1.96. The zero-order valence-electron chi connectivity index (χ0n) is 10.3. The van der Waals surface area contributed by atoms with Gasteiger partial charge in [0.05, 0.1) is 0 Å². The van der Waals surface area contributed by atoms with Gasteiger partial charge in [0, 0.05) is 11.6 Å². The Labute approximate surface area is 106 Å². The molecule has 0 aliphatic heterocycles. The van der Waals surface area contributed by atoms with E-state index in [1.807, 2.05) is 37.3 Å². The Bertz CT molecular complexity index is 585. The third kappa shape index (κ3) is 2.08. The lowest BCUT2D eigenvalue weighted by Crippen LogP contribution is -2.18. The summed E-state index contributed by atoms with van der Waals surface area (Å²) < 4.78 is 5.47. The highest BCUT2D eigenvalue weighted by atomic mass is 16.5. The largest absolute Gasteiger partial charge is 0.458 e. The fourth-order valence-corrected chi connectivity index (χ4v) is 2.17. The second kappa shape index (κ2) is 4.41. The van der Waals surface area contributed by atoms with Gasteiger partial charge in [-0.1, -0.05) is 24.3 Å². The lowest BCUT2D eigenvalue weighted by atomic mass is 10.1. The first-order valence-electron chi connectivity index (χ1n) is 6.30. The Morgan fingerprint density at radius 2 is 2.11 bits per heavy atom. The standard InChI is InChI=1S/C15H15NO2/c1-10(11-6-7-11)18-15(17)14-13-5-3-2-4-12(13)8-9-16-14/h2-5,8-11H,6-7H2,1H3/t10-/m0/s1. The molecular weight excluding hydrogens is 226 g/mol. The molecular formula is C15H15NO2. The number of ether oxygens (including phenoxy) is 1. The quantitative estimate of drug-likeness (QED) is 0.775. The molecule has 92 valence electrons. The molecule has 0 bridgehead atoms. The van der Waals surface area contributed by atoms with Crippen LogP contribution in [0.1, 0.15) is 30.3 Å². The molecule has 0 unspecified atom stereocenters. The van der Waals surface area contributed by atoms with Gasteiger partial charge in [0.15, 0.2) is 5.69 Å². The van der Waals surface area contributed by atoms with E-state index in [4.69, 9.17) is 4.74 Å². The van der Waals surface area contributed by atoms with Crippen LogP contribution in [0.5, 0.6) is 0 Å². The highest BCUT2D eigenvalue weighted by molar-refractivity contribution is 6.02. The van der Waals surface area contributed by atoms with Gasteiger partial charge in [0.25, 0.3) is 0 Å². The summed E-state index contributed by atoms with van der Waals surface area (Å²) in [6.07, 6.45) is 3.98. The number of hydrogen-bond acceptors (Lipinski definition) is 3. The first kappa shape index (κ1) is 11.2.